The average molecular weight is 343 g/mol. The first-order valence-corrected chi connectivity index (χ1v) is 7.87. The minimum absolute atomic E-state index is 0.115. The molecule has 1 aliphatic rings. The number of carbonyl (C=O) groups is 1. The lowest BCUT2D eigenvalue weighted by Gasteiger charge is -2.40. The van der Waals surface area contributed by atoms with Crippen molar-refractivity contribution >= 4 is 6.09 Å². The van der Waals surface area contributed by atoms with Gasteiger partial charge >= 0.3 is 6.09 Å². The van der Waals surface area contributed by atoms with Crippen LogP contribution in [0.15, 0.2) is 18.2 Å². The molecule has 1 amide bonds. The zero-order valence-corrected chi connectivity index (χ0v) is 14.1. The summed E-state index contributed by atoms with van der Waals surface area (Å²) in [6, 6.07) is 3.03. The van der Waals surface area contributed by atoms with Crippen molar-refractivity contribution in [2.24, 2.45) is 0 Å². The highest BCUT2D eigenvalue weighted by molar-refractivity contribution is 5.68. The molecule has 0 saturated carbocycles. The fraction of sp³-hybridized carbons (Fsp3) is 0.588. The van der Waals surface area contributed by atoms with Crippen LogP contribution in [-0.4, -0.2) is 47.0 Å². The van der Waals surface area contributed by atoms with Gasteiger partial charge in [0.05, 0.1) is 6.61 Å². The number of amides is 1. The molecule has 2 rings (SSSR count). The van der Waals surface area contributed by atoms with Crippen molar-refractivity contribution < 1.29 is 28.2 Å². The van der Waals surface area contributed by atoms with E-state index >= 15 is 0 Å². The normalized spacial score (nSPS) is 17.5. The summed E-state index contributed by atoms with van der Waals surface area (Å²) < 4.78 is 37.7. The molecule has 0 aliphatic carbocycles. The summed E-state index contributed by atoms with van der Waals surface area (Å²) in [4.78, 5) is 13.6. The molecule has 1 aliphatic heterocycles. The van der Waals surface area contributed by atoms with Gasteiger partial charge in [0.2, 0.25) is 0 Å². The number of rotatable bonds is 3. The van der Waals surface area contributed by atoms with E-state index in [1.807, 2.05) is 0 Å². The first kappa shape index (κ1) is 18.4. The number of aliphatic hydroxyl groups excluding tert-OH is 1. The molecular weight excluding hydrogens is 320 g/mol. The van der Waals surface area contributed by atoms with E-state index in [2.05, 4.69) is 0 Å². The summed E-state index contributed by atoms with van der Waals surface area (Å²) in [5.41, 5.74) is -1.59. The van der Waals surface area contributed by atoms with Crippen molar-refractivity contribution in [2.45, 2.75) is 44.8 Å². The monoisotopic (exact) mass is 343 g/mol. The van der Waals surface area contributed by atoms with Crippen LogP contribution in [0.5, 0.6) is 5.75 Å². The maximum Gasteiger partial charge on any atom is 0.410 e. The van der Waals surface area contributed by atoms with E-state index in [-0.39, 0.29) is 12.4 Å². The van der Waals surface area contributed by atoms with E-state index in [0.29, 0.717) is 25.9 Å². The molecule has 0 spiro atoms. The topological polar surface area (TPSA) is 59.0 Å². The second kappa shape index (κ2) is 6.93. The number of ether oxygens (including phenoxy) is 2. The van der Waals surface area contributed by atoms with Crippen LogP contribution >= 0.6 is 0 Å². The SMILES string of the molecule is CC(C)(C)OC(=O)N1CCC(CO)(Oc2ccc(F)cc2F)CC1. The molecule has 24 heavy (non-hydrogen) atoms. The molecule has 0 atom stereocenters. The van der Waals surface area contributed by atoms with Gasteiger partial charge in [-0.3, -0.25) is 0 Å². The molecule has 1 heterocycles. The third kappa shape index (κ3) is 4.56. The third-order valence-electron chi connectivity index (χ3n) is 3.83. The van der Waals surface area contributed by atoms with Crippen LogP contribution in [-0.2, 0) is 4.74 Å². The van der Waals surface area contributed by atoms with Gasteiger partial charge in [-0.05, 0) is 32.9 Å². The Bertz CT molecular complexity index is 593. The van der Waals surface area contributed by atoms with Crippen molar-refractivity contribution in [1.29, 1.82) is 0 Å². The van der Waals surface area contributed by atoms with Crippen molar-refractivity contribution in [1.82, 2.24) is 4.90 Å². The first-order chi connectivity index (χ1) is 11.1. The van der Waals surface area contributed by atoms with Gasteiger partial charge in [0, 0.05) is 32.0 Å². The van der Waals surface area contributed by atoms with Crippen LogP contribution in [0.2, 0.25) is 0 Å². The summed E-state index contributed by atoms with van der Waals surface area (Å²) in [6.45, 7) is 5.66. The number of hydrogen-bond acceptors (Lipinski definition) is 4. The van der Waals surface area contributed by atoms with Gasteiger partial charge in [-0.25, -0.2) is 13.6 Å². The molecule has 5 nitrogen and oxygen atoms in total. The van der Waals surface area contributed by atoms with Crippen LogP contribution in [0.3, 0.4) is 0 Å². The van der Waals surface area contributed by atoms with Gasteiger partial charge < -0.3 is 19.5 Å². The Morgan fingerprint density at radius 3 is 2.42 bits per heavy atom. The fourth-order valence-electron chi connectivity index (χ4n) is 2.51. The Hall–Kier alpha value is -1.89. The Balaban J connectivity index is 2.02. The van der Waals surface area contributed by atoms with Gasteiger partial charge in [0.1, 0.15) is 17.0 Å². The smallest absolute Gasteiger partial charge is 0.410 e. The first-order valence-electron chi connectivity index (χ1n) is 7.87. The lowest BCUT2D eigenvalue weighted by Crippen LogP contribution is -2.52. The van der Waals surface area contributed by atoms with Crippen LogP contribution in [0, 0.1) is 11.6 Å². The second-order valence-electron chi connectivity index (χ2n) is 6.99. The van der Waals surface area contributed by atoms with Crippen LogP contribution < -0.4 is 4.74 Å². The van der Waals surface area contributed by atoms with Gasteiger partial charge in [0.25, 0.3) is 0 Å². The summed E-state index contributed by atoms with van der Waals surface area (Å²) in [7, 11) is 0. The summed E-state index contributed by atoms with van der Waals surface area (Å²) in [5.74, 6) is -1.63. The second-order valence-corrected chi connectivity index (χ2v) is 6.99. The highest BCUT2D eigenvalue weighted by atomic mass is 19.1. The molecule has 1 saturated heterocycles. The molecule has 0 aromatic heterocycles. The van der Waals surface area contributed by atoms with Gasteiger partial charge in [-0.2, -0.15) is 0 Å². The largest absolute Gasteiger partial charge is 0.482 e. The number of benzene rings is 1. The van der Waals surface area contributed by atoms with Crippen molar-refractivity contribution in [3.63, 3.8) is 0 Å². The Morgan fingerprint density at radius 2 is 1.92 bits per heavy atom. The quantitative estimate of drug-likeness (QED) is 0.916. The van der Waals surface area contributed by atoms with Gasteiger partial charge in [0.15, 0.2) is 11.6 Å². The van der Waals surface area contributed by atoms with E-state index < -0.39 is 28.9 Å². The Morgan fingerprint density at radius 1 is 1.29 bits per heavy atom. The Labute approximate surface area is 140 Å². The number of aliphatic hydroxyl groups is 1. The van der Waals surface area contributed by atoms with E-state index in [0.717, 1.165) is 12.1 Å². The molecule has 7 heteroatoms. The predicted molar refractivity (Wildman–Crippen MR) is 83.8 cm³/mol. The molecule has 0 radical (unpaired) electrons. The summed E-state index contributed by atoms with van der Waals surface area (Å²) in [6.07, 6.45) is 0.209. The standard InChI is InChI=1S/C17H23F2NO4/c1-16(2,3)24-15(22)20-8-6-17(11-21,7-9-20)23-14-5-4-12(18)10-13(14)19/h4-5,10,21H,6-9,11H2,1-3H3. The number of carbonyl (C=O) groups excluding carboxylic acids is 1. The molecule has 1 fully saturated rings. The van der Waals surface area contributed by atoms with Crippen molar-refractivity contribution in [3.05, 3.63) is 29.8 Å². The molecule has 0 bridgehead atoms. The molecule has 1 aromatic rings. The highest BCUT2D eigenvalue weighted by Gasteiger charge is 2.39. The molecule has 134 valence electrons. The minimum Gasteiger partial charge on any atom is -0.482 e. The van der Waals surface area contributed by atoms with E-state index in [4.69, 9.17) is 9.47 Å². The lowest BCUT2D eigenvalue weighted by atomic mass is 9.92. The van der Waals surface area contributed by atoms with Crippen LogP contribution in [0.25, 0.3) is 0 Å². The summed E-state index contributed by atoms with van der Waals surface area (Å²) >= 11 is 0. The predicted octanol–water partition coefficient (Wildman–Crippen LogP) is 3.11. The Kier molecular flexibility index (Phi) is 5.32. The molecular formula is C17H23F2NO4. The maximum atomic E-state index is 13.8. The zero-order valence-electron chi connectivity index (χ0n) is 14.1. The minimum atomic E-state index is -1.00. The van der Waals surface area contributed by atoms with Gasteiger partial charge in [-0.1, -0.05) is 0 Å². The zero-order chi connectivity index (χ0) is 18.0. The van der Waals surface area contributed by atoms with Crippen LogP contribution in [0.1, 0.15) is 33.6 Å². The molecule has 1 N–H and O–H groups in total. The highest BCUT2D eigenvalue weighted by Crippen LogP contribution is 2.31. The fourth-order valence-corrected chi connectivity index (χ4v) is 2.51. The number of hydrogen-bond donors (Lipinski definition) is 1. The van der Waals surface area contributed by atoms with Crippen molar-refractivity contribution in [3.8, 4) is 5.75 Å². The third-order valence-corrected chi connectivity index (χ3v) is 3.83. The van der Waals surface area contributed by atoms with Crippen molar-refractivity contribution in [2.75, 3.05) is 19.7 Å². The average Bonchev–Trinajstić information content (AvgIpc) is 2.49. The number of halogens is 2. The van der Waals surface area contributed by atoms with E-state index in [1.165, 1.54) is 11.0 Å². The number of likely N-dealkylation sites (tertiary alicyclic amines) is 1. The molecule has 0 unspecified atom stereocenters. The maximum absolute atomic E-state index is 13.8. The van der Waals surface area contributed by atoms with Crippen LogP contribution in [0.4, 0.5) is 13.6 Å². The number of piperidine rings is 1. The molecule has 1 aromatic carbocycles. The summed E-state index contributed by atoms with van der Waals surface area (Å²) in [5, 5.41) is 9.70. The van der Waals surface area contributed by atoms with E-state index in [9.17, 15) is 18.7 Å². The van der Waals surface area contributed by atoms with Gasteiger partial charge in [-0.15, -0.1) is 0 Å². The lowest BCUT2D eigenvalue weighted by molar-refractivity contribution is -0.0469. The number of nitrogens with zero attached hydrogens (tertiary/aromatic N) is 1. The van der Waals surface area contributed by atoms with E-state index in [1.54, 1.807) is 20.8 Å².